The Balaban J connectivity index is 1.56. The minimum atomic E-state index is 0.377. The molecule has 0 aromatic heterocycles. The van der Waals surface area contributed by atoms with Crippen LogP contribution in [-0.4, -0.2) is 17.6 Å². The first kappa shape index (κ1) is 32.7. The van der Waals surface area contributed by atoms with Crippen molar-refractivity contribution in [3.05, 3.63) is 126 Å². The van der Waals surface area contributed by atoms with E-state index in [2.05, 4.69) is 60.7 Å². The van der Waals surface area contributed by atoms with Gasteiger partial charge in [0, 0.05) is 22.3 Å². The molecule has 2 heterocycles. The Kier molecular flexibility index (Phi) is 8.88. The van der Waals surface area contributed by atoms with Crippen molar-refractivity contribution >= 4 is 91.2 Å². The van der Waals surface area contributed by atoms with E-state index in [0.29, 0.717) is 30.1 Å². The summed E-state index contributed by atoms with van der Waals surface area (Å²) in [6.07, 6.45) is 6.17. The van der Waals surface area contributed by atoms with Gasteiger partial charge < -0.3 is 4.48 Å². The van der Waals surface area contributed by atoms with Crippen LogP contribution in [0.1, 0.15) is 43.2 Å². The van der Waals surface area contributed by atoms with Gasteiger partial charge in [0.05, 0.1) is 43.2 Å². The fourth-order valence-corrected chi connectivity index (χ4v) is 9.39. The summed E-state index contributed by atoms with van der Waals surface area (Å²) in [6, 6.07) is 30.0. The van der Waals surface area contributed by atoms with Crippen molar-refractivity contribution in [1.82, 2.24) is 0 Å². The molecule has 8 rings (SSSR count). The molecule has 0 aliphatic carbocycles. The summed E-state index contributed by atoms with van der Waals surface area (Å²) in [4.78, 5) is 0. The molecule has 48 heavy (non-hydrogen) atoms. The molecule has 6 aromatic carbocycles. The standard InChI is InChI=1S/C41H32Cl6N/c42-34-18-26(19-35(43)40(34)46)30-16-24-10-4-6-12-28(24)38-32(30)22-48(14-8-2-1-3-9-15-48)23-33-31(27-20-36(44)41(47)37(45)21-27)17-25-11-5-7-13-29(25)39(33)38/h4-7,10-13,16-21H,1-3,8-9,14-15,22-23H2/q+1. The Morgan fingerprint density at radius 1 is 0.438 bits per heavy atom. The summed E-state index contributed by atoms with van der Waals surface area (Å²) in [5.41, 5.74) is 9.40. The molecule has 0 saturated carbocycles. The molecule has 0 radical (unpaired) electrons. The van der Waals surface area contributed by atoms with E-state index in [-0.39, 0.29) is 0 Å². The second kappa shape index (κ2) is 13.0. The van der Waals surface area contributed by atoms with Gasteiger partial charge in [-0.3, -0.25) is 0 Å². The third kappa shape index (κ3) is 5.70. The van der Waals surface area contributed by atoms with Gasteiger partial charge in [-0.25, -0.2) is 0 Å². The van der Waals surface area contributed by atoms with Crippen LogP contribution in [0.4, 0.5) is 0 Å². The maximum absolute atomic E-state index is 6.72. The third-order valence-electron chi connectivity index (χ3n) is 10.4. The van der Waals surface area contributed by atoms with Gasteiger partial charge in [0.2, 0.25) is 0 Å². The quantitative estimate of drug-likeness (QED) is 0.122. The molecule has 2 aliphatic rings. The van der Waals surface area contributed by atoms with E-state index in [0.717, 1.165) is 63.7 Å². The molecule has 242 valence electrons. The van der Waals surface area contributed by atoms with Crippen molar-refractivity contribution < 1.29 is 4.48 Å². The molecular weight excluding hydrogens is 719 g/mol. The highest BCUT2D eigenvalue weighted by Gasteiger charge is 2.38. The monoisotopic (exact) mass is 748 g/mol. The van der Waals surface area contributed by atoms with Crippen LogP contribution in [0.2, 0.25) is 30.1 Å². The average Bonchev–Trinajstić information content (AvgIpc) is 3.22. The van der Waals surface area contributed by atoms with Crippen LogP contribution in [0.15, 0.2) is 84.9 Å². The van der Waals surface area contributed by atoms with Gasteiger partial charge in [-0.2, -0.15) is 0 Å². The molecule has 0 bridgehead atoms. The Labute approximate surface area is 311 Å². The molecule has 0 amide bonds. The summed E-state index contributed by atoms with van der Waals surface area (Å²) in [6.45, 7) is 3.97. The molecule has 1 saturated heterocycles. The molecule has 1 fully saturated rings. The van der Waals surface area contributed by atoms with Gasteiger partial charge in [0.1, 0.15) is 13.1 Å². The highest BCUT2D eigenvalue weighted by atomic mass is 35.5. The predicted octanol–water partition coefficient (Wildman–Crippen LogP) is 14.7. The topological polar surface area (TPSA) is 0 Å². The van der Waals surface area contributed by atoms with Gasteiger partial charge in [0.15, 0.2) is 0 Å². The first-order valence-electron chi connectivity index (χ1n) is 16.5. The van der Waals surface area contributed by atoms with Crippen LogP contribution in [-0.2, 0) is 13.1 Å². The second-order valence-electron chi connectivity index (χ2n) is 13.4. The number of hydrogen-bond donors (Lipinski definition) is 0. The molecule has 1 spiro atoms. The van der Waals surface area contributed by atoms with Gasteiger partial charge in [-0.05, 0) is 106 Å². The highest BCUT2D eigenvalue weighted by Crippen LogP contribution is 2.51. The van der Waals surface area contributed by atoms with Crippen molar-refractivity contribution in [3.8, 4) is 33.4 Å². The Hall–Kier alpha value is -2.46. The summed E-state index contributed by atoms with van der Waals surface area (Å²) in [7, 11) is 0. The van der Waals surface area contributed by atoms with Gasteiger partial charge in [-0.15, -0.1) is 0 Å². The lowest BCUT2D eigenvalue weighted by molar-refractivity contribution is -0.954. The zero-order chi connectivity index (χ0) is 33.2. The molecular formula is C41H32Cl6N+. The number of nitrogens with zero attached hydrogens (tertiary/aromatic N) is 1. The fourth-order valence-electron chi connectivity index (χ4n) is 8.20. The minimum Gasteiger partial charge on any atom is -0.316 e. The molecule has 7 heteroatoms. The summed E-state index contributed by atoms with van der Waals surface area (Å²) < 4.78 is 0.959. The average molecular weight is 751 g/mol. The summed E-state index contributed by atoms with van der Waals surface area (Å²) >= 11 is 39.9. The van der Waals surface area contributed by atoms with E-state index >= 15 is 0 Å². The lowest BCUT2D eigenvalue weighted by atomic mass is 9.82. The van der Waals surface area contributed by atoms with E-state index < -0.39 is 0 Å². The first-order valence-corrected chi connectivity index (χ1v) is 18.7. The van der Waals surface area contributed by atoms with E-state index in [4.69, 9.17) is 69.6 Å². The van der Waals surface area contributed by atoms with E-state index in [1.54, 1.807) is 0 Å². The van der Waals surface area contributed by atoms with Crippen LogP contribution in [0.25, 0.3) is 54.9 Å². The van der Waals surface area contributed by atoms with Gasteiger partial charge in [0.25, 0.3) is 0 Å². The maximum atomic E-state index is 6.72. The van der Waals surface area contributed by atoms with Crippen molar-refractivity contribution in [2.75, 3.05) is 13.1 Å². The summed E-state index contributed by atoms with van der Waals surface area (Å²) in [5, 5.41) is 7.34. The zero-order valence-corrected chi connectivity index (χ0v) is 30.7. The molecule has 2 aliphatic heterocycles. The normalized spacial score (nSPS) is 16.0. The van der Waals surface area contributed by atoms with E-state index in [9.17, 15) is 0 Å². The predicted molar refractivity (Wildman–Crippen MR) is 208 cm³/mol. The zero-order valence-electron chi connectivity index (χ0n) is 26.2. The third-order valence-corrected chi connectivity index (χ3v) is 12.8. The number of quaternary nitrogens is 1. The number of rotatable bonds is 2. The number of hydrogen-bond acceptors (Lipinski definition) is 0. The van der Waals surface area contributed by atoms with Crippen LogP contribution >= 0.6 is 69.6 Å². The van der Waals surface area contributed by atoms with Crippen LogP contribution in [0, 0.1) is 0 Å². The van der Waals surface area contributed by atoms with Crippen molar-refractivity contribution in [3.63, 3.8) is 0 Å². The lowest BCUT2D eigenvalue weighted by Gasteiger charge is -2.40. The number of benzene rings is 6. The van der Waals surface area contributed by atoms with Gasteiger partial charge >= 0.3 is 0 Å². The van der Waals surface area contributed by atoms with E-state index in [1.165, 1.54) is 65.1 Å². The van der Waals surface area contributed by atoms with Crippen molar-refractivity contribution in [2.24, 2.45) is 0 Å². The van der Waals surface area contributed by atoms with Crippen LogP contribution < -0.4 is 0 Å². The number of fused-ring (bicyclic) bond motifs is 7. The van der Waals surface area contributed by atoms with Crippen molar-refractivity contribution in [1.29, 1.82) is 0 Å². The van der Waals surface area contributed by atoms with E-state index in [1.807, 2.05) is 24.3 Å². The fraction of sp³-hybridized carbons (Fsp3) is 0.220. The smallest absolute Gasteiger partial charge is 0.106 e. The highest BCUT2D eigenvalue weighted by molar-refractivity contribution is 6.49. The summed E-state index contributed by atoms with van der Waals surface area (Å²) in [5.74, 6) is 0. The van der Waals surface area contributed by atoms with Crippen LogP contribution in [0.3, 0.4) is 0 Å². The molecule has 6 aromatic rings. The Morgan fingerprint density at radius 3 is 1.23 bits per heavy atom. The van der Waals surface area contributed by atoms with Crippen LogP contribution in [0.5, 0.6) is 0 Å². The molecule has 0 atom stereocenters. The lowest BCUT2D eigenvalue weighted by Crippen LogP contribution is -2.48. The first-order chi connectivity index (χ1) is 23.2. The second-order valence-corrected chi connectivity index (χ2v) is 15.8. The molecule has 0 N–H and O–H groups in total. The minimum absolute atomic E-state index is 0.377. The largest absolute Gasteiger partial charge is 0.316 e. The maximum Gasteiger partial charge on any atom is 0.106 e. The Bertz CT molecular complexity index is 2050. The van der Waals surface area contributed by atoms with Crippen molar-refractivity contribution in [2.45, 2.75) is 45.2 Å². The SMILES string of the molecule is Clc1cc(-c2cc3ccccc3c3c2C[N+]2(CCCCCCC2)Cc2c(-c4cc(Cl)c(Cl)c(Cl)c4)cc4ccccc4c2-3)cc(Cl)c1Cl. The molecule has 1 nitrogen and oxygen atoms in total. The van der Waals surface area contributed by atoms with Gasteiger partial charge in [-0.1, -0.05) is 125 Å². The molecule has 0 unspecified atom stereocenters. The Morgan fingerprint density at radius 2 is 0.812 bits per heavy atom. The number of halogens is 6.